The van der Waals surface area contributed by atoms with Crippen molar-refractivity contribution in [3.05, 3.63) is 70.0 Å². The SMILES string of the molecule is Cc1cc(C)nc(Nc2ccc(Nc3ccc(S(N)(=O)=O)cc3[N+](=O)[O-])cc2)n1. The largest absolute Gasteiger partial charge is 0.350 e. The molecule has 10 nitrogen and oxygen atoms in total. The molecule has 29 heavy (non-hydrogen) atoms. The van der Waals surface area contributed by atoms with Gasteiger partial charge in [-0.25, -0.2) is 23.5 Å². The molecular weight excluding hydrogens is 396 g/mol. The number of benzene rings is 2. The first kappa shape index (κ1) is 20.2. The Balaban J connectivity index is 1.81. The highest BCUT2D eigenvalue weighted by atomic mass is 32.2. The lowest BCUT2D eigenvalue weighted by atomic mass is 10.2. The number of nitrogens with one attached hydrogen (secondary N) is 2. The molecule has 0 bridgehead atoms. The normalized spacial score (nSPS) is 11.1. The molecule has 0 fully saturated rings. The van der Waals surface area contributed by atoms with Crippen LogP contribution in [-0.2, 0) is 10.0 Å². The summed E-state index contributed by atoms with van der Waals surface area (Å²) >= 11 is 0. The van der Waals surface area contributed by atoms with Crippen LogP contribution in [0.5, 0.6) is 0 Å². The minimum atomic E-state index is -4.04. The third-order valence-electron chi connectivity index (χ3n) is 3.90. The number of aromatic nitrogens is 2. The van der Waals surface area contributed by atoms with E-state index in [-0.39, 0.29) is 10.6 Å². The molecule has 1 heterocycles. The van der Waals surface area contributed by atoms with Crippen LogP contribution in [0.2, 0.25) is 0 Å². The number of hydrogen-bond acceptors (Lipinski definition) is 8. The summed E-state index contributed by atoms with van der Waals surface area (Å²) in [6.45, 7) is 3.75. The van der Waals surface area contributed by atoms with Crippen LogP contribution in [0, 0.1) is 24.0 Å². The predicted molar refractivity (Wildman–Crippen MR) is 109 cm³/mol. The number of sulfonamides is 1. The average molecular weight is 414 g/mol. The molecule has 11 heteroatoms. The summed E-state index contributed by atoms with van der Waals surface area (Å²) in [7, 11) is -4.04. The predicted octanol–water partition coefficient (Wildman–Crippen LogP) is 3.14. The first-order chi connectivity index (χ1) is 13.6. The summed E-state index contributed by atoms with van der Waals surface area (Å²) in [5.41, 5.74) is 2.73. The fraction of sp³-hybridized carbons (Fsp3) is 0.111. The Bertz CT molecular complexity index is 1160. The quantitative estimate of drug-likeness (QED) is 0.411. The van der Waals surface area contributed by atoms with Crippen LogP contribution >= 0.6 is 0 Å². The summed E-state index contributed by atoms with van der Waals surface area (Å²) in [6.07, 6.45) is 0. The molecule has 0 spiro atoms. The molecule has 0 aliphatic rings. The van der Waals surface area contributed by atoms with Crippen molar-refractivity contribution < 1.29 is 13.3 Å². The van der Waals surface area contributed by atoms with Crippen LogP contribution in [0.1, 0.15) is 11.4 Å². The van der Waals surface area contributed by atoms with E-state index in [1.165, 1.54) is 12.1 Å². The number of nitro benzene ring substituents is 1. The second-order valence-corrected chi connectivity index (χ2v) is 7.84. The smallest absolute Gasteiger partial charge is 0.294 e. The number of rotatable bonds is 6. The maximum atomic E-state index is 11.4. The number of nitro groups is 1. The van der Waals surface area contributed by atoms with Crippen molar-refractivity contribution in [3.63, 3.8) is 0 Å². The van der Waals surface area contributed by atoms with Gasteiger partial charge in [0, 0.05) is 28.8 Å². The molecule has 2 aromatic carbocycles. The summed E-state index contributed by atoms with van der Waals surface area (Å²) < 4.78 is 22.8. The van der Waals surface area contributed by atoms with Crippen molar-refractivity contribution in [2.45, 2.75) is 18.7 Å². The number of nitrogens with two attached hydrogens (primary N) is 1. The van der Waals surface area contributed by atoms with Crippen LogP contribution in [-0.4, -0.2) is 23.3 Å². The van der Waals surface area contributed by atoms with E-state index in [2.05, 4.69) is 20.6 Å². The molecule has 0 aliphatic heterocycles. The van der Waals surface area contributed by atoms with Crippen LogP contribution in [0.3, 0.4) is 0 Å². The summed E-state index contributed by atoms with van der Waals surface area (Å²) in [6, 6.07) is 12.2. The van der Waals surface area contributed by atoms with E-state index in [4.69, 9.17) is 5.14 Å². The highest BCUT2D eigenvalue weighted by Gasteiger charge is 2.19. The summed E-state index contributed by atoms with van der Waals surface area (Å²) in [4.78, 5) is 18.9. The fourth-order valence-electron chi connectivity index (χ4n) is 2.65. The minimum absolute atomic E-state index is 0.140. The van der Waals surface area contributed by atoms with Crippen molar-refractivity contribution in [2.24, 2.45) is 5.14 Å². The lowest BCUT2D eigenvalue weighted by Gasteiger charge is -2.10. The zero-order chi connectivity index (χ0) is 21.2. The minimum Gasteiger partial charge on any atom is -0.350 e. The van der Waals surface area contributed by atoms with Gasteiger partial charge >= 0.3 is 0 Å². The first-order valence-electron chi connectivity index (χ1n) is 8.39. The lowest BCUT2D eigenvalue weighted by molar-refractivity contribution is -0.384. The molecule has 3 rings (SSSR count). The number of nitrogens with zero attached hydrogens (tertiary/aromatic N) is 3. The second-order valence-electron chi connectivity index (χ2n) is 6.28. The van der Waals surface area contributed by atoms with E-state index >= 15 is 0 Å². The number of hydrogen-bond donors (Lipinski definition) is 3. The van der Waals surface area contributed by atoms with Gasteiger partial charge in [0.1, 0.15) is 5.69 Å². The van der Waals surface area contributed by atoms with E-state index in [1.807, 2.05) is 19.9 Å². The van der Waals surface area contributed by atoms with Crippen LogP contribution in [0.15, 0.2) is 53.4 Å². The van der Waals surface area contributed by atoms with Gasteiger partial charge in [0.05, 0.1) is 9.82 Å². The zero-order valence-electron chi connectivity index (χ0n) is 15.6. The molecule has 1 aromatic heterocycles. The molecule has 0 radical (unpaired) electrons. The molecule has 3 aromatic rings. The standard InChI is InChI=1S/C18H18N6O4S/c1-11-9-12(2)21-18(20-11)23-14-5-3-13(4-6-14)22-16-8-7-15(29(19,27)28)10-17(16)24(25)26/h3-10,22H,1-2H3,(H2,19,27,28)(H,20,21,23). The molecule has 0 aliphatic carbocycles. The highest BCUT2D eigenvalue weighted by molar-refractivity contribution is 7.89. The van der Waals surface area contributed by atoms with Gasteiger partial charge in [0.2, 0.25) is 16.0 Å². The Labute approximate surface area is 167 Å². The molecule has 150 valence electrons. The molecule has 0 unspecified atom stereocenters. The van der Waals surface area contributed by atoms with Gasteiger partial charge in [0.25, 0.3) is 5.69 Å². The first-order valence-corrected chi connectivity index (χ1v) is 9.94. The van der Waals surface area contributed by atoms with Crippen molar-refractivity contribution in [3.8, 4) is 0 Å². The van der Waals surface area contributed by atoms with Gasteiger partial charge in [-0.05, 0) is 56.3 Å². The second kappa shape index (κ2) is 7.81. The van der Waals surface area contributed by atoms with E-state index < -0.39 is 20.6 Å². The Morgan fingerprint density at radius 3 is 2.00 bits per heavy atom. The van der Waals surface area contributed by atoms with Crippen molar-refractivity contribution in [2.75, 3.05) is 10.6 Å². The number of anilines is 4. The maximum Gasteiger partial charge on any atom is 0.294 e. The van der Waals surface area contributed by atoms with E-state index in [0.717, 1.165) is 23.1 Å². The van der Waals surface area contributed by atoms with Crippen LogP contribution in [0.4, 0.5) is 28.7 Å². The van der Waals surface area contributed by atoms with Crippen LogP contribution in [0.25, 0.3) is 0 Å². The van der Waals surface area contributed by atoms with E-state index in [9.17, 15) is 18.5 Å². The molecular formula is C18H18N6O4S. The molecule has 0 amide bonds. The Hall–Kier alpha value is -3.57. The third kappa shape index (κ3) is 5.03. The van der Waals surface area contributed by atoms with Gasteiger partial charge in [0.15, 0.2) is 0 Å². The number of primary sulfonamides is 1. The molecule has 0 atom stereocenters. The molecule has 0 saturated carbocycles. The Morgan fingerprint density at radius 2 is 1.48 bits per heavy atom. The van der Waals surface area contributed by atoms with Gasteiger partial charge in [-0.3, -0.25) is 10.1 Å². The summed E-state index contributed by atoms with van der Waals surface area (Å²) in [5, 5.41) is 22.3. The molecule has 4 N–H and O–H groups in total. The van der Waals surface area contributed by atoms with Gasteiger partial charge in [-0.15, -0.1) is 0 Å². The average Bonchev–Trinajstić information content (AvgIpc) is 2.61. The lowest BCUT2D eigenvalue weighted by Crippen LogP contribution is -2.12. The zero-order valence-corrected chi connectivity index (χ0v) is 16.4. The van der Waals surface area contributed by atoms with Crippen molar-refractivity contribution in [1.29, 1.82) is 0 Å². The Morgan fingerprint density at radius 1 is 0.931 bits per heavy atom. The Kier molecular flexibility index (Phi) is 5.43. The van der Waals surface area contributed by atoms with Gasteiger partial charge in [-0.2, -0.15) is 0 Å². The highest BCUT2D eigenvalue weighted by Crippen LogP contribution is 2.30. The number of aryl methyl sites for hydroxylation is 2. The maximum absolute atomic E-state index is 11.4. The fourth-order valence-corrected chi connectivity index (χ4v) is 3.18. The van der Waals surface area contributed by atoms with Crippen molar-refractivity contribution >= 4 is 38.7 Å². The topological polar surface area (TPSA) is 153 Å². The van der Waals surface area contributed by atoms with Gasteiger partial charge < -0.3 is 10.6 Å². The van der Waals surface area contributed by atoms with E-state index in [1.54, 1.807) is 24.3 Å². The summed E-state index contributed by atoms with van der Waals surface area (Å²) in [5.74, 6) is 0.470. The van der Waals surface area contributed by atoms with Crippen molar-refractivity contribution in [1.82, 2.24) is 9.97 Å². The molecule has 0 saturated heterocycles. The monoisotopic (exact) mass is 414 g/mol. The van der Waals surface area contributed by atoms with Gasteiger partial charge in [-0.1, -0.05) is 0 Å². The third-order valence-corrected chi connectivity index (χ3v) is 4.81. The van der Waals surface area contributed by atoms with E-state index in [0.29, 0.717) is 11.6 Å². The van der Waals surface area contributed by atoms with Crippen LogP contribution < -0.4 is 15.8 Å².